The molecule has 8 nitrogen and oxygen atoms in total. The van der Waals surface area contributed by atoms with Gasteiger partial charge in [-0.15, -0.1) is 0 Å². The lowest BCUT2D eigenvalue weighted by molar-refractivity contribution is -0.139. The molecule has 0 saturated carbocycles. The molecule has 2 heterocycles. The van der Waals surface area contributed by atoms with Crippen LogP contribution >= 0.6 is 0 Å². The summed E-state index contributed by atoms with van der Waals surface area (Å²) in [6.45, 7) is 14.1. The van der Waals surface area contributed by atoms with E-state index in [1.807, 2.05) is 38.1 Å². The Labute approximate surface area is 219 Å². The SMILES string of the molecule is CCOC(=O)C1=C(CN2CCN(c3ccc(C)cc3C)CC2)NC(=O)NC1c1ccc(OC(C)C)cc1. The minimum absolute atomic E-state index is 0.0569. The summed E-state index contributed by atoms with van der Waals surface area (Å²) in [5.74, 6) is 0.314. The van der Waals surface area contributed by atoms with Crippen molar-refractivity contribution in [3.8, 4) is 5.75 Å². The highest BCUT2D eigenvalue weighted by molar-refractivity contribution is 5.95. The number of anilines is 1. The maximum absolute atomic E-state index is 13.1. The lowest BCUT2D eigenvalue weighted by Gasteiger charge is -2.38. The lowest BCUT2D eigenvalue weighted by Crippen LogP contribution is -2.52. The van der Waals surface area contributed by atoms with Crippen molar-refractivity contribution in [1.29, 1.82) is 0 Å². The average molecular weight is 507 g/mol. The van der Waals surface area contributed by atoms with E-state index in [4.69, 9.17) is 9.47 Å². The Hall–Kier alpha value is -3.52. The van der Waals surface area contributed by atoms with Crippen LogP contribution in [0.2, 0.25) is 0 Å². The van der Waals surface area contributed by atoms with Crippen molar-refractivity contribution in [3.63, 3.8) is 0 Å². The zero-order chi connectivity index (χ0) is 26.5. The van der Waals surface area contributed by atoms with Gasteiger partial charge in [0, 0.05) is 44.1 Å². The van der Waals surface area contributed by atoms with Gasteiger partial charge in [-0.2, -0.15) is 0 Å². The van der Waals surface area contributed by atoms with E-state index in [0.29, 0.717) is 17.8 Å². The minimum atomic E-state index is -0.604. The molecule has 2 N–H and O–H groups in total. The van der Waals surface area contributed by atoms with Gasteiger partial charge in [0.05, 0.1) is 24.3 Å². The van der Waals surface area contributed by atoms with Crippen molar-refractivity contribution in [1.82, 2.24) is 15.5 Å². The Bertz CT molecular complexity index is 1150. The highest BCUT2D eigenvalue weighted by Gasteiger charge is 2.34. The standard InChI is InChI=1S/C29H38N4O4/c1-6-36-28(34)26-24(18-32-13-15-33(16-14-32)25-12-7-20(4)17-21(25)5)30-29(35)31-27(26)22-8-10-23(11-9-22)37-19(2)3/h7-12,17,19,27H,6,13-16,18H2,1-5H3,(H2,30,31,35). The predicted molar refractivity (Wildman–Crippen MR) is 145 cm³/mol. The average Bonchev–Trinajstić information content (AvgIpc) is 2.84. The number of amides is 2. The molecule has 2 aromatic rings. The molecule has 1 unspecified atom stereocenters. The maximum atomic E-state index is 13.1. The highest BCUT2D eigenvalue weighted by Crippen LogP contribution is 2.30. The van der Waals surface area contributed by atoms with Crippen LogP contribution in [-0.2, 0) is 9.53 Å². The van der Waals surface area contributed by atoms with Gasteiger partial charge in [-0.05, 0) is 63.9 Å². The first-order valence-corrected chi connectivity index (χ1v) is 13.0. The van der Waals surface area contributed by atoms with Crippen LogP contribution in [0.25, 0.3) is 0 Å². The Balaban J connectivity index is 1.54. The zero-order valence-corrected chi connectivity index (χ0v) is 22.5. The smallest absolute Gasteiger partial charge is 0.338 e. The Morgan fingerprint density at radius 2 is 1.76 bits per heavy atom. The van der Waals surface area contributed by atoms with Crippen LogP contribution in [-0.4, -0.2) is 62.3 Å². The molecule has 37 heavy (non-hydrogen) atoms. The van der Waals surface area contributed by atoms with E-state index in [0.717, 1.165) is 37.5 Å². The first kappa shape index (κ1) is 26.5. The van der Waals surface area contributed by atoms with E-state index in [2.05, 4.69) is 52.5 Å². The molecule has 0 radical (unpaired) electrons. The molecule has 0 bridgehead atoms. The minimum Gasteiger partial charge on any atom is -0.491 e. The number of carbonyl (C=O) groups is 2. The second kappa shape index (κ2) is 11.7. The van der Waals surface area contributed by atoms with Gasteiger partial charge in [-0.25, -0.2) is 9.59 Å². The Morgan fingerprint density at radius 1 is 1.05 bits per heavy atom. The summed E-state index contributed by atoms with van der Waals surface area (Å²) in [6.07, 6.45) is 0.0569. The van der Waals surface area contributed by atoms with E-state index >= 15 is 0 Å². The number of carbonyl (C=O) groups excluding carboxylic acids is 2. The molecule has 2 aliphatic heterocycles. The Kier molecular flexibility index (Phi) is 8.38. The van der Waals surface area contributed by atoms with Crippen molar-refractivity contribution >= 4 is 17.7 Å². The number of aryl methyl sites for hydroxylation is 2. The Morgan fingerprint density at radius 3 is 2.38 bits per heavy atom. The molecule has 2 aliphatic rings. The van der Waals surface area contributed by atoms with E-state index in [-0.39, 0.29) is 18.7 Å². The van der Waals surface area contributed by atoms with Crippen LogP contribution in [0.1, 0.15) is 43.5 Å². The van der Waals surface area contributed by atoms with Crippen LogP contribution < -0.4 is 20.3 Å². The highest BCUT2D eigenvalue weighted by atomic mass is 16.5. The molecule has 198 valence electrons. The number of hydrogen-bond donors (Lipinski definition) is 2. The number of benzene rings is 2. The number of urea groups is 1. The summed E-state index contributed by atoms with van der Waals surface area (Å²) in [5, 5.41) is 5.81. The van der Waals surface area contributed by atoms with Crippen molar-refractivity contribution < 1.29 is 19.1 Å². The number of hydrogen-bond acceptors (Lipinski definition) is 6. The van der Waals surface area contributed by atoms with Crippen molar-refractivity contribution in [3.05, 3.63) is 70.4 Å². The molecule has 8 heteroatoms. The van der Waals surface area contributed by atoms with Crippen LogP contribution in [0.3, 0.4) is 0 Å². The van der Waals surface area contributed by atoms with Gasteiger partial charge in [0.1, 0.15) is 5.75 Å². The second-order valence-electron chi connectivity index (χ2n) is 9.93. The summed E-state index contributed by atoms with van der Waals surface area (Å²) in [6, 6.07) is 13.1. The fourth-order valence-electron chi connectivity index (χ4n) is 4.98. The van der Waals surface area contributed by atoms with E-state index in [9.17, 15) is 9.59 Å². The topological polar surface area (TPSA) is 83.1 Å². The summed E-state index contributed by atoms with van der Waals surface area (Å²) in [7, 11) is 0. The molecular formula is C29H38N4O4. The lowest BCUT2D eigenvalue weighted by atomic mass is 9.94. The number of esters is 1. The van der Waals surface area contributed by atoms with Crippen molar-refractivity contribution in [2.45, 2.75) is 46.8 Å². The van der Waals surface area contributed by atoms with Crippen LogP contribution in [0.5, 0.6) is 5.75 Å². The first-order chi connectivity index (χ1) is 17.7. The third-order valence-corrected chi connectivity index (χ3v) is 6.68. The first-order valence-electron chi connectivity index (χ1n) is 13.0. The van der Waals surface area contributed by atoms with Crippen LogP contribution in [0.4, 0.5) is 10.5 Å². The van der Waals surface area contributed by atoms with Gasteiger partial charge in [0.15, 0.2) is 0 Å². The quantitative estimate of drug-likeness (QED) is 0.525. The number of nitrogens with one attached hydrogen (secondary N) is 2. The molecule has 0 aromatic heterocycles. The van der Waals surface area contributed by atoms with E-state index in [1.54, 1.807) is 6.92 Å². The predicted octanol–water partition coefficient (Wildman–Crippen LogP) is 4.08. The van der Waals surface area contributed by atoms with Crippen molar-refractivity contribution in [2.75, 3.05) is 44.2 Å². The van der Waals surface area contributed by atoms with Gasteiger partial charge in [-0.3, -0.25) is 4.90 Å². The van der Waals surface area contributed by atoms with Gasteiger partial charge >= 0.3 is 12.0 Å². The molecule has 1 saturated heterocycles. The normalized spacial score (nSPS) is 18.5. The van der Waals surface area contributed by atoms with Gasteiger partial charge in [0.25, 0.3) is 0 Å². The van der Waals surface area contributed by atoms with Crippen molar-refractivity contribution in [2.24, 2.45) is 0 Å². The largest absolute Gasteiger partial charge is 0.491 e. The fraction of sp³-hybridized carbons (Fsp3) is 0.448. The van der Waals surface area contributed by atoms with Gasteiger partial charge in [0.2, 0.25) is 0 Å². The molecule has 1 atom stereocenters. The monoisotopic (exact) mass is 506 g/mol. The summed E-state index contributed by atoms with van der Waals surface area (Å²) in [4.78, 5) is 30.5. The number of ether oxygens (including phenoxy) is 2. The number of rotatable bonds is 8. The molecule has 0 aliphatic carbocycles. The fourth-order valence-corrected chi connectivity index (χ4v) is 4.98. The van der Waals surface area contributed by atoms with E-state index in [1.165, 1.54) is 16.8 Å². The summed E-state index contributed by atoms with van der Waals surface area (Å²) < 4.78 is 11.2. The van der Waals surface area contributed by atoms with Crippen LogP contribution in [0.15, 0.2) is 53.7 Å². The summed E-state index contributed by atoms with van der Waals surface area (Å²) in [5.41, 5.74) is 5.63. The molecule has 0 spiro atoms. The number of piperazine rings is 1. The second-order valence-corrected chi connectivity index (χ2v) is 9.93. The molecule has 1 fully saturated rings. The molecule has 2 aromatic carbocycles. The third kappa shape index (κ3) is 6.43. The third-order valence-electron chi connectivity index (χ3n) is 6.68. The van der Waals surface area contributed by atoms with Crippen LogP contribution in [0, 0.1) is 13.8 Å². The summed E-state index contributed by atoms with van der Waals surface area (Å²) >= 11 is 0. The number of nitrogens with zero attached hydrogens (tertiary/aromatic N) is 2. The zero-order valence-electron chi connectivity index (χ0n) is 22.5. The van der Waals surface area contributed by atoms with Gasteiger partial charge < -0.3 is 25.0 Å². The molecular weight excluding hydrogens is 468 g/mol. The maximum Gasteiger partial charge on any atom is 0.338 e. The molecule has 2 amide bonds. The van der Waals surface area contributed by atoms with E-state index < -0.39 is 12.0 Å². The van der Waals surface area contributed by atoms with Gasteiger partial charge in [-0.1, -0.05) is 29.8 Å². The molecule has 4 rings (SSSR count).